The molecule has 4 rings (SSSR count). The monoisotopic (exact) mass is 289 g/mol. The number of aromatic nitrogens is 5. The van der Waals surface area contributed by atoms with Gasteiger partial charge in [-0.15, -0.1) is 4.68 Å². The molecule has 6 nitrogen and oxygen atoms in total. The lowest BCUT2D eigenvalue weighted by atomic mass is 10.1. The van der Waals surface area contributed by atoms with Crippen molar-refractivity contribution in [3.05, 3.63) is 60.8 Å². The van der Waals surface area contributed by atoms with Crippen molar-refractivity contribution in [3.8, 4) is 17.1 Å². The van der Waals surface area contributed by atoms with Gasteiger partial charge in [-0.25, -0.2) is 0 Å². The maximum absolute atomic E-state index is 6.32. The van der Waals surface area contributed by atoms with Crippen LogP contribution in [0.5, 0.6) is 0 Å². The van der Waals surface area contributed by atoms with E-state index in [1.807, 2.05) is 54.6 Å². The molecule has 0 aliphatic rings. The first-order chi connectivity index (χ1) is 10.8. The van der Waals surface area contributed by atoms with Crippen molar-refractivity contribution >= 4 is 16.6 Å². The lowest BCUT2D eigenvalue weighted by molar-refractivity contribution is -0.649. The topological polar surface area (TPSA) is 84.4 Å². The van der Waals surface area contributed by atoms with Gasteiger partial charge in [-0.2, -0.15) is 0 Å². The Morgan fingerprint density at radius 3 is 2.59 bits per heavy atom. The van der Waals surface area contributed by atoms with E-state index in [0.717, 1.165) is 22.2 Å². The SMILES string of the molecule is Nc1c(-c2nn[nH][n+]2-c2ccccc2)cnc2ccccc12. The number of nitrogens with zero attached hydrogens (tertiary/aromatic N) is 4. The average molecular weight is 289 g/mol. The van der Waals surface area contributed by atoms with E-state index in [0.29, 0.717) is 11.5 Å². The van der Waals surface area contributed by atoms with Gasteiger partial charge in [-0.3, -0.25) is 4.98 Å². The molecule has 0 aliphatic carbocycles. The molecule has 3 N–H and O–H groups in total. The Bertz CT molecular complexity index is 945. The summed E-state index contributed by atoms with van der Waals surface area (Å²) in [6.07, 6.45) is 1.73. The fourth-order valence-electron chi connectivity index (χ4n) is 2.48. The quantitative estimate of drug-likeness (QED) is 0.552. The highest BCUT2D eigenvalue weighted by Gasteiger charge is 2.22. The first-order valence-corrected chi connectivity index (χ1v) is 6.87. The molecule has 0 saturated heterocycles. The highest BCUT2D eigenvalue weighted by Crippen LogP contribution is 2.28. The number of aromatic amines is 1. The molecule has 0 aliphatic heterocycles. The number of fused-ring (bicyclic) bond motifs is 1. The highest BCUT2D eigenvalue weighted by atomic mass is 15.5. The second-order valence-corrected chi connectivity index (χ2v) is 4.90. The van der Waals surface area contributed by atoms with Crippen LogP contribution in [0, 0.1) is 0 Å². The molecule has 0 amide bonds. The minimum absolute atomic E-state index is 0.627. The van der Waals surface area contributed by atoms with Gasteiger partial charge in [-0.1, -0.05) is 41.6 Å². The van der Waals surface area contributed by atoms with E-state index in [4.69, 9.17) is 5.73 Å². The standard InChI is InChI=1S/C16H12N6/c17-15-12-8-4-5-9-14(12)18-10-13(15)16-19-20-21-22(16)11-6-2-1-3-7-11/h1-10H,(H2,17,18,19,21)/p+1. The van der Waals surface area contributed by atoms with E-state index in [1.54, 1.807) is 10.9 Å². The summed E-state index contributed by atoms with van der Waals surface area (Å²) >= 11 is 0. The van der Waals surface area contributed by atoms with Crippen LogP contribution in [-0.4, -0.2) is 20.5 Å². The van der Waals surface area contributed by atoms with Gasteiger partial charge < -0.3 is 5.73 Å². The van der Waals surface area contributed by atoms with Crippen LogP contribution in [0.2, 0.25) is 0 Å². The lowest BCUT2D eigenvalue weighted by Crippen LogP contribution is -2.35. The summed E-state index contributed by atoms with van der Waals surface area (Å²) in [5.41, 5.74) is 9.50. The lowest BCUT2D eigenvalue weighted by Gasteiger charge is -2.05. The highest BCUT2D eigenvalue weighted by molar-refractivity contribution is 5.96. The molecule has 6 heteroatoms. The Morgan fingerprint density at radius 1 is 0.955 bits per heavy atom. The van der Waals surface area contributed by atoms with Gasteiger partial charge in [0.05, 0.1) is 16.8 Å². The first kappa shape index (κ1) is 12.5. The number of anilines is 1. The Kier molecular flexibility index (Phi) is 2.79. The number of tetrazole rings is 1. The van der Waals surface area contributed by atoms with Crippen LogP contribution < -0.4 is 10.4 Å². The third-order valence-corrected chi connectivity index (χ3v) is 3.57. The summed E-state index contributed by atoms with van der Waals surface area (Å²) in [4.78, 5) is 4.46. The summed E-state index contributed by atoms with van der Waals surface area (Å²) in [5.74, 6) is 0.627. The molecule has 0 unspecified atom stereocenters. The summed E-state index contributed by atoms with van der Waals surface area (Å²) in [5, 5.41) is 11.8. The minimum atomic E-state index is 0.627. The minimum Gasteiger partial charge on any atom is -0.397 e. The average Bonchev–Trinajstić information content (AvgIpc) is 3.06. The number of hydrogen-bond donors (Lipinski definition) is 2. The Morgan fingerprint density at radius 2 is 1.73 bits per heavy atom. The molecule has 0 bridgehead atoms. The Balaban J connectivity index is 1.94. The molecule has 2 heterocycles. The van der Waals surface area contributed by atoms with Crippen LogP contribution >= 0.6 is 0 Å². The van der Waals surface area contributed by atoms with Gasteiger partial charge in [0.25, 0.3) is 0 Å². The predicted octanol–water partition coefficient (Wildman–Crippen LogP) is 1.88. The number of nitrogens with one attached hydrogen (secondary N) is 1. The third kappa shape index (κ3) is 1.89. The van der Waals surface area contributed by atoms with Crippen molar-refractivity contribution in [2.45, 2.75) is 0 Å². The molecule has 2 aromatic heterocycles. The van der Waals surface area contributed by atoms with Crippen LogP contribution in [0.15, 0.2) is 60.8 Å². The fourth-order valence-corrected chi connectivity index (χ4v) is 2.48. The smallest absolute Gasteiger partial charge is 0.340 e. The molecule has 106 valence electrons. The number of hydrogen-bond acceptors (Lipinski definition) is 4. The maximum atomic E-state index is 6.32. The third-order valence-electron chi connectivity index (χ3n) is 3.57. The maximum Gasteiger partial charge on any atom is 0.340 e. The summed E-state index contributed by atoms with van der Waals surface area (Å²) in [7, 11) is 0. The normalized spacial score (nSPS) is 10.9. The van der Waals surface area contributed by atoms with Gasteiger partial charge in [0.1, 0.15) is 10.8 Å². The molecule has 22 heavy (non-hydrogen) atoms. The number of pyridine rings is 1. The molecule has 0 saturated carbocycles. The molecule has 0 spiro atoms. The van der Waals surface area contributed by atoms with E-state index in [9.17, 15) is 0 Å². The van der Waals surface area contributed by atoms with Crippen LogP contribution in [-0.2, 0) is 0 Å². The number of nitrogens with two attached hydrogens (primary N) is 1. The molecule has 4 aromatic rings. The van der Waals surface area contributed by atoms with E-state index < -0.39 is 0 Å². The van der Waals surface area contributed by atoms with Crippen molar-refractivity contribution in [1.82, 2.24) is 20.5 Å². The van der Waals surface area contributed by atoms with Gasteiger partial charge in [-0.05, 0) is 18.2 Å². The van der Waals surface area contributed by atoms with Crippen LogP contribution in [0.4, 0.5) is 5.69 Å². The number of H-pyrrole nitrogens is 1. The molecular formula is C16H13N6+. The zero-order chi connectivity index (χ0) is 14.9. The van der Waals surface area contributed by atoms with E-state index in [1.165, 1.54) is 0 Å². The van der Waals surface area contributed by atoms with E-state index in [2.05, 4.69) is 20.5 Å². The number of benzene rings is 2. The van der Waals surface area contributed by atoms with Crippen molar-refractivity contribution in [2.75, 3.05) is 5.73 Å². The second-order valence-electron chi connectivity index (χ2n) is 4.90. The predicted molar refractivity (Wildman–Crippen MR) is 83.1 cm³/mol. The van der Waals surface area contributed by atoms with Crippen molar-refractivity contribution in [2.24, 2.45) is 0 Å². The van der Waals surface area contributed by atoms with Crippen molar-refractivity contribution in [1.29, 1.82) is 0 Å². The number of rotatable bonds is 2. The molecule has 0 atom stereocenters. The molecule has 2 aromatic carbocycles. The van der Waals surface area contributed by atoms with Gasteiger partial charge >= 0.3 is 5.82 Å². The number of nitrogen functional groups attached to an aromatic ring is 1. The Hall–Kier alpha value is -3.28. The summed E-state index contributed by atoms with van der Waals surface area (Å²) < 4.78 is 1.78. The van der Waals surface area contributed by atoms with E-state index >= 15 is 0 Å². The van der Waals surface area contributed by atoms with Crippen LogP contribution in [0.25, 0.3) is 28.0 Å². The summed E-state index contributed by atoms with van der Waals surface area (Å²) in [6.45, 7) is 0. The largest absolute Gasteiger partial charge is 0.397 e. The summed E-state index contributed by atoms with van der Waals surface area (Å²) in [6, 6.07) is 17.6. The van der Waals surface area contributed by atoms with Crippen molar-refractivity contribution in [3.63, 3.8) is 0 Å². The molecule has 0 radical (unpaired) electrons. The number of para-hydroxylation sites is 2. The first-order valence-electron chi connectivity index (χ1n) is 6.87. The Labute approximate surface area is 126 Å². The zero-order valence-electron chi connectivity index (χ0n) is 11.6. The zero-order valence-corrected chi connectivity index (χ0v) is 11.6. The van der Waals surface area contributed by atoms with Gasteiger partial charge in [0.2, 0.25) is 0 Å². The van der Waals surface area contributed by atoms with Crippen molar-refractivity contribution < 1.29 is 4.68 Å². The second kappa shape index (κ2) is 4.92. The van der Waals surface area contributed by atoms with Gasteiger partial charge in [0, 0.05) is 11.6 Å². The molecular weight excluding hydrogens is 276 g/mol. The van der Waals surface area contributed by atoms with Gasteiger partial charge in [0.15, 0.2) is 5.21 Å². The fraction of sp³-hybridized carbons (Fsp3) is 0. The molecule has 0 fully saturated rings. The van der Waals surface area contributed by atoms with E-state index in [-0.39, 0.29) is 0 Å². The van der Waals surface area contributed by atoms with Crippen LogP contribution in [0.3, 0.4) is 0 Å². The van der Waals surface area contributed by atoms with Crippen LogP contribution in [0.1, 0.15) is 0 Å².